The first-order valence-electron chi connectivity index (χ1n) is 11.9. The van der Waals surface area contributed by atoms with Crippen LogP contribution in [0.4, 0.5) is 0 Å². The highest BCUT2D eigenvalue weighted by Crippen LogP contribution is 2.50. The van der Waals surface area contributed by atoms with E-state index in [1.165, 1.54) is 45.2 Å². The van der Waals surface area contributed by atoms with E-state index in [9.17, 15) is 19.7 Å². The summed E-state index contributed by atoms with van der Waals surface area (Å²) in [6, 6.07) is 13.2. The Morgan fingerprint density at radius 1 is 1.05 bits per heavy atom. The molecule has 0 aliphatic heterocycles. The molecule has 0 unspecified atom stereocenters. The van der Waals surface area contributed by atoms with Crippen molar-refractivity contribution >= 4 is 17.7 Å². The minimum Gasteiger partial charge on any atom is -0.493 e. The van der Waals surface area contributed by atoms with Gasteiger partial charge in [0.1, 0.15) is 12.7 Å². The molecule has 0 fully saturated rings. The van der Waals surface area contributed by atoms with Gasteiger partial charge in [-0.05, 0) is 66.1 Å². The van der Waals surface area contributed by atoms with Crippen molar-refractivity contribution in [3.8, 4) is 28.4 Å². The van der Waals surface area contributed by atoms with Crippen molar-refractivity contribution in [2.75, 3.05) is 27.6 Å². The summed E-state index contributed by atoms with van der Waals surface area (Å²) in [7, 11) is 4.59. The largest absolute Gasteiger partial charge is 0.493 e. The fourth-order valence-electron chi connectivity index (χ4n) is 4.67. The second kappa shape index (κ2) is 12.1. The van der Waals surface area contributed by atoms with Gasteiger partial charge in [0, 0.05) is 11.1 Å². The number of nitrogens with zero attached hydrogens (tertiary/aromatic N) is 1. The Morgan fingerprint density at radius 2 is 1.82 bits per heavy atom. The van der Waals surface area contributed by atoms with Gasteiger partial charge in [-0.15, -0.1) is 21.9 Å². The lowest BCUT2D eigenvalue weighted by atomic mass is 9.96. The minimum absolute atomic E-state index is 0.202. The fraction of sp³-hybridized carbons (Fsp3) is 0.286. The van der Waals surface area contributed by atoms with E-state index in [1.807, 2.05) is 18.4 Å². The first-order chi connectivity index (χ1) is 18.8. The number of aryl methyl sites for hydroxylation is 1. The van der Waals surface area contributed by atoms with Gasteiger partial charge in [-0.3, -0.25) is 4.79 Å². The molecule has 10 nitrogen and oxygen atoms in total. The maximum atomic E-state index is 13.3. The van der Waals surface area contributed by atoms with Crippen molar-refractivity contribution in [3.05, 3.63) is 91.1 Å². The molecule has 0 radical (unpaired) electrons. The monoisotopic (exact) mass is 553 g/mol. The number of carbonyl (C=O) groups is 1. The molecule has 1 aliphatic rings. The molecule has 0 amide bonds. The maximum absolute atomic E-state index is 13.3. The molecule has 0 saturated heterocycles. The second-order valence-electron chi connectivity index (χ2n) is 8.59. The first-order valence-corrected chi connectivity index (χ1v) is 13.1. The van der Waals surface area contributed by atoms with Crippen LogP contribution in [0.15, 0.2) is 58.2 Å². The highest BCUT2D eigenvalue weighted by Gasteiger charge is 2.31. The smallest absolute Gasteiger partial charge is 0.338 e. The third kappa shape index (κ3) is 5.78. The van der Waals surface area contributed by atoms with E-state index in [4.69, 9.17) is 18.9 Å². The van der Waals surface area contributed by atoms with Gasteiger partial charge < -0.3 is 23.8 Å². The van der Waals surface area contributed by atoms with Gasteiger partial charge in [-0.2, -0.15) is 0 Å². The molecule has 1 atom stereocenters. The minimum atomic E-state index is -0.896. The Bertz CT molecular complexity index is 1470. The molecule has 0 N–H and O–H groups in total. The first kappa shape index (κ1) is 27.8. The van der Waals surface area contributed by atoms with Crippen LogP contribution in [0.3, 0.4) is 0 Å². The van der Waals surface area contributed by atoms with Gasteiger partial charge in [0.15, 0.2) is 16.9 Å². The molecule has 4 rings (SSSR count). The lowest BCUT2D eigenvalue weighted by Gasteiger charge is -2.19. The highest BCUT2D eigenvalue weighted by molar-refractivity contribution is 7.98. The van der Waals surface area contributed by atoms with E-state index in [2.05, 4.69) is 4.84 Å². The van der Waals surface area contributed by atoms with Crippen molar-refractivity contribution in [2.24, 2.45) is 0 Å². The molecule has 0 aromatic heterocycles. The van der Waals surface area contributed by atoms with E-state index >= 15 is 0 Å². The van der Waals surface area contributed by atoms with Crippen LogP contribution in [0.2, 0.25) is 0 Å². The van der Waals surface area contributed by atoms with Crippen molar-refractivity contribution in [1.29, 1.82) is 0 Å². The van der Waals surface area contributed by atoms with Gasteiger partial charge in [-0.25, -0.2) is 4.79 Å². The Labute approximate surface area is 228 Å². The summed E-state index contributed by atoms with van der Waals surface area (Å²) < 4.78 is 22.9. The number of carbonyl (C=O) groups excluding carboxylic acids is 1. The molecular weight excluding hydrogens is 526 g/mol. The van der Waals surface area contributed by atoms with Gasteiger partial charge in [0.2, 0.25) is 5.75 Å². The third-order valence-electron chi connectivity index (χ3n) is 6.41. The summed E-state index contributed by atoms with van der Waals surface area (Å²) in [6.07, 6.45) is 1.92. The van der Waals surface area contributed by atoms with Crippen LogP contribution in [0.25, 0.3) is 11.1 Å². The van der Waals surface area contributed by atoms with E-state index in [0.717, 1.165) is 11.1 Å². The molecule has 0 bridgehead atoms. The van der Waals surface area contributed by atoms with Gasteiger partial charge in [-0.1, -0.05) is 18.2 Å². The average molecular weight is 554 g/mol. The molecule has 0 saturated carbocycles. The van der Waals surface area contributed by atoms with Crippen molar-refractivity contribution < 1.29 is 33.7 Å². The van der Waals surface area contributed by atoms with Gasteiger partial charge >= 0.3 is 5.97 Å². The summed E-state index contributed by atoms with van der Waals surface area (Å²) >= 11 is 1.32. The quantitative estimate of drug-likeness (QED) is 0.154. The van der Waals surface area contributed by atoms with Crippen LogP contribution in [0.5, 0.6) is 17.2 Å². The van der Waals surface area contributed by atoms with Gasteiger partial charge in [0.05, 0.1) is 31.8 Å². The predicted molar refractivity (Wildman–Crippen MR) is 144 cm³/mol. The number of fused-ring (bicyclic) bond motifs is 3. The van der Waals surface area contributed by atoms with Crippen molar-refractivity contribution in [2.45, 2.75) is 30.4 Å². The molecule has 3 aromatic rings. The SMILES string of the molecule is COc1cc2c(c(OC)c1OC)-c1ccc(SC)c(=O)cc1[C@@H](OC(=O)c1cccc(CO[N+](=O)[O-])c1)CC2. The zero-order valence-corrected chi connectivity index (χ0v) is 22.7. The Kier molecular flexibility index (Phi) is 8.60. The zero-order valence-electron chi connectivity index (χ0n) is 21.8. The predicted octanol–water partition coefficient (Wildman–Crippen LogP) is 5.01. The molecule has 39 heavy (non-hydrogen) atoms. The molecule has 1 aliphatic carbocycles. The average Bonchev–Trinajstić information content (AvgIpc) is 3.19. The van der Waals surface area contributed by atoms with Crippen molar-refractivity contribution in [3.63, 3.8) is 0 Å². The summed E-state index contributed by atoms with van der Waals surface area (Å²) in [4.78, 5) is 41.9. The number of benzene rings is 2. The third-order valence-corrected chi connectivity index (χ3v) is 7.19. The number of rotatable bonds is 9. The number of hydrogen-bond acceptors (Lipinski definition) is 10. The number of thioether (sulfide) groups is 1. The standard InChI is InChI=1S/C28H27NO9S/c1-34-23-13-17-8-10-22(38-28(31)18-7-5-6-16(12-18)15-37-29(32)33)20-14-21(30)24(39-4)11-9-19(20)25(17)27(36-3)26(23)35-2/h5-7,9,11-14,22H,8,10,15H2,1-4H3/t22-/m0/s1. The number of ether oxygens (including phenoxy) is 4. The maximum Gasteiger partial charge on any atom is 0.338 e. The van der Waals surface area contributed by atoms with Gasteiger partial charge in [0.25, 0.3) is 5.09 Å². The number of methoxy groups -OCH3 is 3. The highest BCUT2D eigenvalue weighted by atomic mass is 32.2. The topological polar surface area (TPSA) is 123 Å². The van der Waals surface area contributed by atoms with Crippen LogP contribution in [-0.2, 0) is 22.6 Å². The van der Waals surface area contributed by atoms with Crippen LogP contribution in [-0.4, -0.2) is 38.6 Å². The zero-order chi connectivity index (χ0) is 28.1. The summed E-state index contributed by atoms with van der Waals surface area (Å²) in [5, 5.41) is 9.67. The van der Waals surface area contributed by atoms with E-state index in [-0.39, 0.29) is 17.6 Å². The number of hydrogen-bond donors (Lipinski definition) is 0. The van der Waals surface area contributed by atoms with E-state index in [0.29, 0.717) is 51.7 Å². The second-order valence-corrected chi connectivity index (χ2v) is 9.44. The fourth-order valence-corrected chi connectivity index (χ4v) is 5.13. The molecule has 0 heterocycles. The Morgan fingerprint density at radius 3 is 2.49 bits per heavy atom. The van der Waals surface area contributed by atoms with Crippen LogP contribution >= 0.6 is 11.8 Å². The summed E-state index contributed by atoms with van der Waals surface area (Å²) in [5.41, 5.74) is 3.26. The normalized spacial score (nSPS) is 13.8. The lowest BCUT2D eigenvalue weighted by Crippen LogP contribution is -2.14. The van der Waals surface area contributed by atoms with Crippen molar-refractivity contribution in [1.82, 2.24) is 0 Å². The van der Waals surface area contributed by atoms with E-state index < -0.39 is 17.2 Å². The number of esters is 1. The van der Waals surface area contributed by atoms with Crippen LogP contribution < -0.4 is 19.6 Å². The molecular formula is C28H27NO9S. The Hall–Kier alpha value is -4.25. The van der Waals surface area contributed by atoms with Crippen LogP contribution in [0, 0.1) is 10.1 Å². The molecule has 11 heteroatoms. The van der Waals surface area contributed by atoms with Crippen LogP contribution in [0.1, 0.15) is 39.6 Å². The molecule has 204 valence electrons. The summed E-state index contributed by atoms with van der Waals surface area (Å²) in [6.45, 7) is -0.300. The summed E-state index contributed by atoms with van der Waals surface area (Å²) in [5.74, 6) is 0.718. The molecule has 0 spiro atoms. The van der Waals surface area contributed by atoms with E-state index in [1.54, 1.807) is 24.3 Å². The Balaban J connectivity index is 1.83. The lowest BCUT2D eigenvalue weighted by molar-refractivity contribution is -0.763. The molecule has 3 aromatic carbocycles.